The molecule has 174 valence electrons. The second kappa shape index (κ2) is 9.63. The van der Waals surface area contributed by atoms with Gasteiger partial charge in [-0.05, 0) is 65.8 Å². The lowest BCUT2D eigenvalue weighted by atomic mass is 9.78. The molecule has 0 spiro atoms. The Labute approximate surface area is 198 Å². The number of ether oxygens (including phenoxy) is 1. The van der Waals surface area contributed by atoms with Crippen LogP contribution in [0.5, 0.6) is 0 Å². The zero-order chi connectivity index (χ0) is 23.7. The second-order valence-corrected chi connectivity index (χ2v) is 9.24. The van der Waals surface area contributed by atoms with E-state index >= 15 is 0 Å². The van der Waals surface area contributed by atoms with Crippen LogP contribution in [0.25, 0.3) is 23.3 Å². The molecule has 1 unspecified atom stereocenters. The molecule has 1 aliphatic carbocycles. The lowest BCUT2D eigenvalue weighted by Crippen LogP contribution is -2.13. The van der Waals surface area contributed by atoms with E-state index in [1.165, 1.54) is 6.07 Å². The van der Waals surface area contributed by atoms with Gasteiger partial charge in [0.2, 0.25) is 0 Å². The highest BCUT2D eigenvalue weighted by Crippen LogP contribution is 2.39. The van der Waals surface area contributed by atoms with Crippen molar-refractivity contribution in [3.63, 3.8) is 0 Å². The van der Waals surface area contributed by atoms with Crippen LogP contribution in [-0.2, 0) is 4.74 Å². The Balaban J connectivity index is 1.30. The average Bonchev–Trinajstić information content (AvgIpc) is 3.70. The Hall–Kier alpha value is -3.11. The first kappa shape index (κ1) is 22.7. The minimum Gasteiger partial charge on any atom is -0.368 e. The van der Waals surface area contributed by atoms with Crippen LogP contribution in [0, 0.1) is 23.4 Å². The third kappa shape index (κ3) is 4.74. The largest absolute Gasteiger partial charge is 0.368 e. The standard InChI is InChI=1S/C30H27F3O/c1-2-19-5-10-22(11-6-19)24-15-16-25(30(33)29(24)32)23-12-7-20(8-13-23)3-4-21-9-14-26(27(31)17-21)28-18-34-28/h2-4,7-9,12-17,19,22,28H,1,5-6,10-11,18H2/b4-3+. The van der Waals surface area contributed by atoms with E-state index in [0.717, 1.165) is 36.8 Å². The molecule has 1 aliphatic heterocycles. The third-order valence-electron chi connectivity index (χ3n) is 7.05. The topological polar surface area (TPSA) is 12.5 Å². The maximum Gasteiger partial charge on any atom is 0.166 e. The Kier molecular flexibility index (Phi) is 6.42. The van der Waals surface area contributed by atoms with Gasteiger partial charge in [0.1, 0.15) is 11.9 Å². The van der Waals surface area contributed by atoms with Crippen LogP contribution in [0.15, 0.2) is 67.3 Å². The number of benzene rings is 3. The minimum absolute atomic E-state index is 0.0583. The molecular formula is C30H27F3O. The first-order valence-electron chi connectivity index (χ1n) is 11.8. The Bertz CT molecular complexity index is 1220. The lowest BCUT2D eigenvalue weighted by molar-refractivity contribution is 0.364. The molecular weight excluding hydrogens is 433 g/mol. The highest BCUT2D eigenvalue weighted by atomic mass is 19.2. The molecule has 3 aromatic carbocycles. The van der Waals surface area contributed by atoms with Crippen LogP contribution in [0.1, 0.15) is 60.0 Å². The molecule has 1 atom stereocenters. The summed E-state index contributed by atoms with van der Waals surface area (Å²) >= 11 is 0. The molecule has 1 saturated heterocycles. The van der Waals surface area contributed by atoms with E-state index in [0.29, 0.717) is 29.2 Å². The summed E-state index contributed by atoms with van der Waals surface area (Å²) in [5.41, 5.74) is 3.58. The number of rotatable bonds is 6. The fraction of sp³-hybridized carbons (Fsp3) is 0.267. The van der Waals surface area contributed by atoms with Crippen molar-refractivity contribution in [2.75, 3.05) is 6.61 Å². The second-order valence-electron chi connectivity index (χ2n) is 9.24. The lowest BCUT2D eigenvalue weighted by Gasteiger charge is -2.27. The zero-order valence-electron chi connectivity index (χ0n) is 18.9. The van der Waals surface area contributed by atoms with E-state index in [1.807, 2.05) is 36.4 Å². The van der Waals surface area contributed by atoms with Crippen molar-refractivity contribution in [2.45, 2.75) is 37.7 Å². The number of hydrogen-bond acceptors (Lipinski definition) is 1. The van der Waals surface area contributed by atoms with E-state index in [2.05, 4.69) is 6.58 Å². The minimum atomic E-state index is -0.790. The first-order valence-corrected chi connectivity index (χ1v) is 11.8. The van der Waals surface area contributed by atoms with Gasteiger partial charge in [-0.15, -0.1) is 6.58 Å². The molecule has 2 aliphatic rings. The predicted octanol–water partition coefficient (Wildman–Crippen LogP) is 8.47. The van der Waals surface area contributed by atoms with Gasteiger partial charge in [-0.3, -0.25) is 0 Å². The van der Waals surface area contributed by atoms with Crippen LogP contribution in [0.4, 0.5) is 13.2 Å². The normalized spacial score (nSPS) is 22.1. The quantitative estimate of drug-likeness (QED) is 0.204. The molecule has 5 rings (SSSR count). The molecule has 0 bridgehead atoms. The number of halogens is 3. The van der Waals surface area contributed by atoms with E-state index in [-0.39, 0.29) is 23.4 Å². The molecule has 1 saturated carbocycles. The van der Waals surface area contributed by atoms with Crippen molar-refractivity contribution in [2.24, 2.45) is 5.92 Å². The van der Waals surface area contributed by atoms with E-state index in [9.17, 15) is 13.2 Å². The molecule has 34 heavy (non-hydrogen) atoms. The molecule has 4 heteroatoms. The van der Waals surface area contributed by atoms with Crippen molar-refractivity contribution < 1.29 is 17.9 Å². The number of epoxide rings is 1. The predicted molar refractivity (Wildman–Crippen MR) is 131 cm³/mol. The average molecular weight is 461 g/mol. The summed E-state index contributed by atoms with van der Waals surface area (Å²) in [6, 6.07) is 15.8. The molecule has 3 aromatic rings. The molecule has 1 nitrogen and oxygen atoms in total. The summed E-state index contributed by atoms with van der Waals surface area (Å²) < 4.78 is 49.3. The molecule has 0 amide bonds. The summed E-state index contributed by atoms with van der Waals surface area (Å²) in [5.74, 6) is -1.25. The molecule has 1 heterocycles. The highest BCUT2D eigenvalue weighted by molar-refractivity contribution is 5.72. The Morgan fingerprint density at radius 3 is 2.06 bits per heavy atom. The highest BCUT2D eigenvalue weighted by Gasteiger charge is 2.28. The Morgan fingerprint density at radius 2 is 1.41 bits per heavy atom. The van der Waals surface area contributed by atoms with Gasteiger partial charge < -0.3 is 4.74 Å². The van der Waals surface area contributed by atoms with E-state index < -0.39 is 11.6 Å². The van der Waals surface area contributed by atoms with Gasteiger partial charge >= 0.3 is 0 Å². The monoisotopic (exact) mass is 460 g/mol. The van der Waals surface area contributed by atoms with Gasteiger partial charge in [0, 0.05) is 11.1 Å². The smallest absolute Gasteiger partial charge is 0.166 e. The first-order chi connectivity index (χ1) is 16.5. The van der Waals surface area contributed by atoms with Crippen LogP contribution in [0.2, 0.25) is 0 Å². The van der Waals surface area contributed by atoms with Gasteiger partial charge in [-0.1, -0.05) is 66.8 Å². The summed E-state index contributed by atoms with van der Waals surface area (Å²) in [7, 11) is 0. The summed E-state index contributed by atoms with van der Waals surface area (Å²) in [6.07, 6.45) is 9.19. The molecule has 0 N–H and O–H groups in total. The van der Waals surface area contributed by atoms with Crippen molar-refractivity contribution in [3.05, 3.63) is 107 Å². The van der Waals surface area contributed by atoms with Gasteiger partial charge in [-0.25, -0.2) is 13.2 Å². The molecule has 2 fully saturated rings. The van der Waals surface area contributed by atoms with Crippen LogP contribution in [-0.4, -0.2) is 6.61 Å². The number of hydrogen-bond donors (Lipinski definition) is 0. The molecule has 0 radical (unpaired) electrons. The van der Waals surface area contributed by atoms with Crippen LogP contribution >= 0.6 is 0 Å². The van der Waals surface area contributed by atoms with Gasteiger partial charge in [-0.2, -0.15) is 0 Å². The zero-order valence-corrected chi connectivity index (χ0v) is 18.9. The van der Waals surface area contributed by atoms with Gasteiger partial charge in [0.25, 0.3) is 0 Å². The van der Waals surface area contributed by atoms with E-state index in [1.54, 1.807) is 30.3 Å². The van der Waals surface area contributed by atoms with Gasteiger partial charge in [0.05, 0.1) is 6.61 Å². The molecule has 0 aromatic heterocycles. The SMILES string of the molecule is C=CC1CCC(c2ccc(-c3ccc(/C=C/c4ccc(C5CO5)c(F)c4)cc3)c(F)c2F)CC1. The maximum atomic E-state index is 15.0. The van der Waals surface area contributed by atoms with Crippen molar-refractivity contribution >= 4 is 12.2 Å². The summed E-state index contributed by atoms with van der Waals surface area (Å²) in [6.45, 7) is 4.42. The number of allylic oxidation sites excluding steroid dienone is 1. The summed E-state index contributed by atoms with van der Waals surface area (Å²) in [5, 5.41) is 0. The maximum absolute atomic E-state index is 15.0. The Morgan fingerprint density at radius 1 is 0.765 bits per heavy atom. The van der Waals surface area contributed by atoms with Crippen molar-refractivity contribution in [3.8, 4) is 11.1 Å². The van der Waals surface area contributed by atoms with Gasteiger partial charge in [0.15, 0.2) is 11.6 Å². The van der Waals surface area contributed by atoms with Crippen LogP contribution < -0.4 is 0 Å². The summed E-state index contributed by atoms with van der Waals surface area (Å²) in [4.78, 5) is 0. The van der Waals surface area contributed by atoms with Crippen LogP contribution in [0.3, 0.4) is 0 Å². The fourth-order valence-corrected chi connectivity index (χ4v) is 4.87. The van der Waals surface area contributed by atoms with E-state index in [4.69, 9.17) is 4.74 Å². The third-order valence-corrected chi connectivity index (χ3v) is 7.05. The fourth-order valence-electron chi connectivity index (χ4n) is 4.87. The van der Waals surface area contributed by atoms with Crippen molar-refractivity contribution in [1.29, 1.82) is 0 Å². The van der Waals surface area contributed by atoms with Crippen molar-refractivity contribution in [1.82, 2.24) is 0 Å².